The number of carboxylic acid groups (broad SMARTS) is 2. The number of hydrogen-bond acceptors (Lipinski definition) is 7. The first-order valence-electron chi connectivity index (χ1n) is 25.3. The van der Waals surface area contributed by atoms with E-state index in [4.69, 9.17) is 30.6 Å². The molecule has 59 heavy (non-hydrogen) atoms. The Balaban J connectivity index is -0.000000943. The molecule has 0 aliphatic carbocycles. The van der Waals surface area contributed by atoms with Gasteiger partial charge in [-0.3, -0.25) is 9.59 Å². The summed E-state index contributed by atoms with van der Waals surface area (Å²) in [7, 11) is 0. The molecule has 0 aliphatic rings. The van der Waals surface area contributed by atoms with Gasteiger partial charge in [0.05, 0.1) is 31.8 Å². The molecule has 0 aromatic heterocycles. The van der Waals surface area contributed by atoms with Crippen molar-refractivity contribution in [3.8, 4) is 0 Å². The summed E-state index contributed by atoms with van der Waals surface area (Å²) in [6.45, 7) is 3.47. The van der Waals surface area contributed by atoms with E-state index in [0.717, 1.165) is 25.7 Å². The molecule has 0 radical (unpaired) electrons. The Kier molecular flexibility index (Phi) is 57.6. The van der Waals surface area contributed by atoms with E-state index in [9.17, 15) is 14.7 Å². The largest absolute Gasteiger partial charge is 0.481 e. The van der Waals surface area contributed by atoms with Gasteiger partial charge < -0.3 is 35.7 Å². The van der Waals surface area contributed by atoms with Gasteiger partial charge in [-0.05, 0) is 19.3 Å². The lowest BCUT2D eigenvalue weighted by Crippen LogP contribution is -2.23. The molecule has 0 amide bonds. The highest BCUT2D eigenvalue weighted by Crippen LogP contribution is 2.19. The van der Waals surface area contributed by atoms with Crippen LogP contribution in [0.3, 0.4) is 0 Å². The van der Waals surface area contributed by atoms with Crippen LogP contribution in [0.25, 0.3) is 0 Å². The number of aliphatic hydroxyl groups excluding tert-OH is 5. The van der Waals surface area contributed by atoms with Gasteiger partial charge >= 0.3 is 11.9 Å². The average Bonchev–Trinajstić information content (AvgIpc) is 3.23. The fourth-order valence-electron chi connectivity index (χ4n) is 7.45. The molecule has 0 bridgehead atoms. The maximum atomic E-state index is 11.2. The second-order valence-corrected chi connectivity index (χ2v) is 17.4. The van der Waals surface area contributed by atoms with Crippen LogP contribution < -0.4 is 0 Å². The van der Waals surface area contributed by atoms with E-state index >= 15 is 0 Å². The van der Waals surface area contributed by atoms with Gasteiger partial charge in [0.2, 0.25) is 0 Å². The van der Waals surface area contributed by atoms with Gasteiger partial charge in [-0.15, -0.1) is 0 Å². The number of hydrogen-bond donors (Lipinski definition) is 7. The highest BCUT2D eigenvalue weighted by atomic mass is 16.4. The predicted octanol–water partition coefficient (Wildman–Crippen LogP) is 13.1. The Morgan fingerprint density at radius 3 is 0.797 bits per heavy atom. The Morgan fingerprint density at radius 1 is 0.356 bits per heavy atom. The van der Waals surface area contributed by atoms with E-state index in [1.807, 2.05) is 0 Å². The van der Waals surface area contributed by atoms with E-state index in [0.29, 0.717) is 12.8 Å². The molecule has 0 aromatic carbocycles. The molecule has 9 nitrogen and oxygen atoms in total. The monoisotopic (exact) mass is 847 g/mol. The third-order valence-electron chi connectivity index (χ3n) is 11.4. The summed E-state index contributed by atoms with van der Waals surface area (Å²) in [5.41, 5.74) is 0. The molecule has 0 aromatic rings. The molecule has 0 spiro atoms. The van der Waals surface area contributed by atoms with Crippen LogP contribution in [-0.4, -0.2) is 79.7 Å². The van der Waals surface area contributed by atoms with Gasteiger partial charge in [-0.2, -0.15) is 0 Å². The molecule has 2 atom stereocenters. The molecule has 2 unspecified atom stereocenters. The maximum Gasteiger partial charge on any atom is 0.306 e. The lowest BCUT2D eigenvalue weighted by molar-refractivity contribution is -0.143. The molecule has 0 rings (SSSR count). The minimum Gasteiger partial charge on any atom is -0.481 e. The quantitative estimate of drug-likeness (QED) is 0.0294. The van der Waals surface area contributed by atoms with E-state index in [-0.39, 0.29) is 26.2 Å². The molecule has 0 fully saturated rings. The van der Waals surface area contributed by atoms with Crippen molar-refractivity contribution in [1.82, 2.24) is 0 Å². The fourth-order valence-corrected chi connectivity index (χ4v) is 7.45. The van der Waals surface area contributed by atoms with Crippen molar-refractivity contribution in [2.24, 2.45) is 5.92 Å². The molecule has 0 heterocycles. The van der Waals surface area contributed by atoms with Crippen LogP contribution in [0.15, 0.2) is 0 Å². The number of aliphatic hydroxyl groups is 5. The molecule has 0 saturated heterocycles. The van der Waals surface area contributed by atoms with Gasteiger partial charge in [0, 0.05) is 6.42 Å². The van der Waals surface area contributed by atoms with E-state index < -0.39 is 30.1 Å². The van der Waals surface area contributed by atoms with Crippen molar-refractivity contribution in [2.75, 3.05) is 19.8 Å². The van der Waals surface area contributed by atoms with Gasteiger partial charge in [-0.1, -0.05) is 245 Å². The second-order valence-electron chi connectivity index (χ2n) is 17.4. The van der Waals surface area contributed by atoms with Crippen LogP contribution >= 0.6 is 0 Å². The lowest BCUT2D eigenvalue weighted by atomic mass is 9.94. The number of carbonyl (C=O) groups is 2. The first-order chi connectivity index (χ1) is 28.7. The summed E-state index contributed by atoms with van der Waals surface area (Å²) in [5.74, 6) is -2.04. The molecule has 0 saturated carbocycles. The zero-order valence-electron chi connectivity index (χ0n) is 39.1. The maximum absolute atomic E-state index is 11.2. The predicted molar refractivity (Wildman–Crippen MR) is 248 cm³/mol. The topological polar surface area (TPSA) is 176 Å². The molecule has 356 valence electrons. The van der Waals surface area contributed by atoms with Gasteiger partial charge in [0.25, 0.3) is 0 Å². The number of carboxylic acids is 2. The number of aliphatic carboxylic acids is 2. The van der Waals surface area contributed by atoms with Crippen LogP contribution in [0, 0.1) is 5.92 Å². The third-order valence-corrected chi connectivity index (χ3v) is 11.4. The van der Waals surface area contributed by atoms with Crippen molar-refractivity contribution in [3.05, 3.63) is 0 Å². The first kappa shape index (κ1) is 62.0. The zero-order chi connectivity index (χ0) is 44.3. The Hall–Kier alpha value is -1.26. The van der Waals surface area contributed by atoms with Crippen molar-refractivity contribution in [3.63, 3.8) is 0 Å². The van der Waals surface area contributed by atoms with Crippen molar-refractivity contribution in [1.29, 1.82) is 0 Å². The molecule has 9 heteroatoms. The van der Waals surface area contributed by atoms with Crippen molar-refractivity contribution in [2.45, 2.75) is 283 Å². The smallest absolute Gasteiger partial charge is 0.306 e. The summed E-state index contributed by atoms with van der Waals surface area (Å²) in [5, 5.41) is 60.0. The number of rotatable bonds is 45. The van der Waals surface area contributed by atoms with Crippen molar-refractivity contribution >= 4 is 11.9 Å². The van der Waals surface area contributed by atoms with Crippen LogP contribution in [0.1, 0.15) is 271 Å². The van der Waals surface area contributed by atoms with Crippen molar-refractivity contribution < 1.29 is 45.3 Å². The summed E-state index contributed by atoms with van der Waals surface area (Å²) >= 11 is 0. The van der Waals surface area contributed by atoms with Crippen LogP contribution in [-0.2, 0) is 9.59 Å². The van der Waals surface area contributed by atoms with Crippen LogP contribution in [0.2, 0.25) is 0 Å². The minimum absolute atomic E-state index is 0.158. The highest BCUT2D eigenvalue weighted by Gasteiger charge is 2.20. The average molecular weight is 847 g/mol. The van der Waals surface area contributed by atoms with E-state index in [1.54, 1.807) is 0 Å². The SMILES string of the molecule is CCCCCCCCCCCCCCCCCCCCC(CC(O)CO)C(=O)O.CCCCCCCCCCCCCCCCCCCCCC(=O)O.OCC(O)CO. The normalized spacial score (nSPS) is 12.1. The minimum atomic E-state index is -0.954. The van der Waals surface area contributed by atoms with E-state index in [1.165, 1.54) is 212 Å². The zero-order valence-corrected chi connectivity index (χ0v) is 39.1. The summed E-state index contributed by atoms with van der Waals surface area (Å²) in [6.07, 6.45) is 48.8. The van der Waals surface area contributed by atoms with E-state index in [2.05, 4.69) is 13.8 Å². The van der Waals surface area contributed by atoms with Crippen LogP contribution in [0.5, 0.6) is 0 Å². The summed E-state index contributed by atoms with van der Waals surface area (Å²) < 4.78 is 0. The molecular formula is C50H102O9. The summed E-state index contributed by atoms with van der Waals surface area (Å²) in [4.78, 5) is 21.6. The van der Waals surface area contributed by atoms with Gasteiger partial charge in [-0.25, -0.2) is 0 Å². The second kappa shape index (κ2) is 54.8. The van der Waals surface area contributed by atoms with Gasteiger partial charge in [0.1, 0.15) is 6.10 Å². The molecule has 0 aliphatic heterocycles. The highest BCUT2D eigenvalue weighted by molar-refractivity contribution is 5.69. The molecule has 7 N–H and O–H groups in total. The first-order valence-corrected chi connectivity index (χ1v) is 25.3. The number of unbranched alkanes of at least 4 members (excludes halogenated alkanes) is 35. The Labute approximate surface area is 365 Å². The lowest BCUT2D eigenvalue weighted by Gasteiger charge is -2.15. The van der Waals surface area contributed by atoms with Gasteiger partial charge in [0.15, 0.2) is 0 Å². The third kappa shape index (κ3) is 58.9. The fraction of sp³-hybridized carbons (Fsp3) is 0.960. The Bertz CT molecular complexity index is 792. The Morgan fingerprint density at radius 2 is 0.593 bits per heavy atom. The molecular weight excluding hydrogens is 745 g/mol. The summed E-state index contributed by atoms with van der Waals surface area (Å²) in [6, 6.07) is 0. The van der Waals surface area contributed by atoms with Crippen LogP contribution in [0.4, 0.5) is 0 Å². The standard InChI is InChI=1S/C25H50O4.C22H44O2.C3H8O3/c1-2-3-4-5-6-7-8-9-10-11-12-13-14-15-16-17-18-19-20-23(25(28)29)21-24(27)22-26;1-2-3-4-5-6-7-8-9-10-11-12-13-14-15-16-17-18-19-20-21-22(23)24;4-1-3(6)2-5/h23-24,26-27H,2-22H2,1H3,(H,28,29);2-21H2,1H3,(H,23,24);3-6H,1-2H2.